The van der Waals surface area contributed by atoms with Gasteiger partial charge in [0.05, 0.1) is 6.61 Å². The Labute approximate surface area is 109 Å². The first-order valence-electron chi connectivity index (χ1n) is 6.48. The second-order valence-electron chi connectivity index (χ2n) is 5.13. The third kappa shape index (κ3) is 2.91. The van der Waals surface area contributed by atoms with Gasteiger partial charge in [0.25, 0.3) is 5.91 Å². The third-order valence-electron chi connectivity index (χ3n) is 3.72. The molecule has 0 N–H and O–H groups in total. The first-order valence-corrected chi connectivity index (χ1v) is 6.48. The maximum atomic E-state index is 12.4. The molecule has 18 heavy (non-hydrogen) atoms. The summed E-state index contributed by atoms with van der Waals surface area (Å²) in [6.45, 7) is 2.68. The van der Waals surface area contributed by atoms with Crippen molar-refractivity contribution in [2.45, 2.75) is 32.4 Å². The molecule has 0 spiro atoms. The molecule has 98 valence electrons. The molecule has 0 radical (unpaired) electrons. The summed E-state index contributed by atoms with van der Waals surface area (Å²) in [5.41, 5.74) is 1.79. The summed E-state index contributed by atoms with van der Waals surface area (Å²) in [6, 6.07) is 8.02. The number of carbonyl (C=O) groups excluding carboxylic acids is 1. The Morgan fingerprint density at radius 2 is 2.22 bits per heavy atom. The van der Waals surface area contributed by atoms with E-state index < -0.39 is 0 Å². The molecule has 1 atom stereocenters. The van der Waals surface area contributed by atoms with E-state index in [1.165, 1.54) is 12.8 Å². The van der Waals surface area contributed by atoms with Crippen LogP contribution < -0.4 is 0 Å². The highest BCUT2D eigenvalue weighted by Gasteiger charge is 2.32. The van der Waals surface area contributed by atoms with E-state index in [2.05, 4.69) is 6.92 Å². The Kier molecular flexibility index (Phi) is 4.02. The molecule has 0 saturated heterocycles. The zero-order valence-corrected chi connectivity index (χ0v) is 11.3. The van der Waals surface area contributed by atoms with Crippen molar-refractivity contribution in [3.05, 3.63) is 35.4 Å². The molecule has 3 nitrogen and oxygen atoms in total. The first kappa shape index (κ1) is 13.1. The maximum absolute atomic E-state index is 12.4. The van der Waals surface area contributed by atoms with Crippen LogP contribution in [0.3, 0.4) is 0 Å². The molecule has 0 heterocycles. The zero-order valence-electron chi connectivity index (χ0n) is 11.3. The number of methoxy groups -OCH3 is 1. The Morgan fingerprint density at radius 1 is 1.50 bits per heavy atom. The van der Waals surface area contributed by atoms with Crippen LogP contribution in [0.1, 0.15) is 35.7 Å². The van der Waals surface area contributed by atoms with Gasteiger partial charge in [-0.1, -0.05) is 12.1 Å². The first-order chi connectivity index (χ1) is 8.63. The number of hydrogen-bond acceptors (Lipinski definition) is 2. The predicted molar refractivity (Wildman–Crippen MR) is 71.4 cm³/mol. The summed E-state index contributed by atoms with van der Waals surface area (Å²) in [5.74, 6) is 0.800. The van der Waals surface area contributed by atoms with Gasteiger partial charge in [-0.2, -0.15) is 0 Å². The molecule has 1 aromatic rings. The van der Waals surface area contributed by atoms with E-state index >= 15 is 0 Å². The van der Waals surface area contributed by atoms with Gasteiger partial charge in [0, 0.05) is 25.8 Å². The van der Waals surface area contributed by atoms with Gasteiger partial charge in [-0.15, -0.1) is 0 Å². The van der Waals surface area contributed by atoms with Crippen molar-refractivity contribution in [1.29, 1.82) is 0 Å². The molecule has 1 aliphatic carbocycles. The largest absolute Gasteiger partial charge is 0.380 e. The van der Waals surface area contributed by atoms with Crippen LogP contribution in [-0.2, 0) is 11.3 Å². The van der Waals surface area contributed by atoms with Crippen LogP contribution in [-0.4, -0.2) is 31.0 Å². The fourth-order valence-corrected chi connectivity index (χ4v) is 2.24. The summed E-state index contributed by atoms with van der Waals surface area (Å²) < 4.78 is 5.09. The highest BCUT2D eigenvalue weighted by molar-refractivity contribution is 5.94. The molecule has 1 unspecified atom stereocenters. The molecule has 1 aliphatic rings. The molecule has 0 aromatic heterocycles. The highest BCUT2D eigenvalue weighted by atomic mass is 16.5. The number of hydrogen-bond donors (Lipinski definition) is 0. The standard InChI is InChI=1S/C15H21NO2/c1-11(13-7-8-13)16(2)15(17)14-6-4-5-12(9-14)10-18-3/h4-6,9,11,13H,7-8,10H2,1-3H3. The van der Waals surface area contributed by atoms with E-state index in [0.717, 1.165) is 11.1 Å². The Bertz CT molecular complexity index is 426. The highest BCUT2D eigenvalue weighted by Crippen LogP contribution is 2.35. The fourth-order valence-electron chi connectivity index (χ4n) is 2.24. The molecule has 2 rings (SSSR count). The Balaban J connectivity index is 2.09. The lowest BCUT2D eigenvalue weighted by Gasteiger charge is -2.25. The average molecular weight is 247 g/mol. The minimum Gasteiger partial charge on any atom is -0.380 e. The minimum atomic E-state index is 0.104. The predicted octanol–water partition coefficient (Wildman–Crippen LogP) is 2.70. The van der Waals surface area contributed by atoms with Gasteiger partial charge < -0.3 is 9.64 Å². The second kappa shape index (κ2) is 5.53. The van der Waals surface area contributed by atoms with Crippen LogP contribution in [0, 0.1) is 5.92 Å². The van der Waals surface area contributed by atoms with Crippen LogP contribution >= 0.6 is 0 Å². The van der Waals surface area contributed by atoms with Crippen molar-refractivity contribution in [2.24, 2.45) is 5.92 Å². The van der Waals surface area contributed by atoms with E-state index in [1.807, 2.05) is 36.2 Å². The number of benzene rings is 1. The van der Waals surface area contributed by atoms with Crippen LogP contribution in [0.15, 0.2) is 24.3 Å². The number of nitrogens with zero attached hydrogens (tertiary/aromatic N) is 1. The molecule has 1 aromatic carbocycles. The summed E-state index contributed by atoms with van der Waals surface area (Å²) in [6.07, 6.45) is 2.50. The second-order valence-corrected chi connectivity index (χ2v) is 5.13. The summed E-state index contributed by atoms with van der Waals surface area (Å²) in [7, 11) is 3.56. The van der Waals surface area contributed by atoms with Crippen molar-refractivity contribution in [3.63, 3.8) is 0 Å². The van der Waals surface area contributed by atoms with E-state index in [9.17, 15) is 4.79 Å². The van der Waals surface area contributed by atoms with Gasteiger partial charge in [-0.3, -0.25) is 4.79 Å². The third-order valence-corrected chi connectivity index (χ3v) is 3.72. The number of rotatable bonds is 5. The zero-order chi connectivity index (χ0) is 13.1. The summed E-state index contributed by atoms with van der Waals surface area (Å²) >= 11 is 0. The van der Waals surface area contributed by atoms with Crippen molar-refractivity contribution < 1.29 is 9.53 Å². The van der Waals surface area contributed by atoms with Crippen LogP contribution in [0.4, 0.5) is 0 Å². The van der Waals surface area contributed by atoms with Gasteiger partial charge in [0.2, 0.25) is 0 Å². The topological polar surface area (TPSA) is 29.5 Å². The van der Waals surface area contributed by atoms with Crippen LogP contribution in [0.5, 0.6) is 0 Å². The van der Waals surface area contributed by atoms with E-state index in [4.69, 9.17) is 4.74 Å². The van der Waals surface area contributed by atoms with Crippen molar-refractivity contribution in [3.8, 4) is 0 Å². The molecular weight excluding hydrogens is 226 g/mol. The number of ether oxygens (including phenoxy) is 1. The van der Waals surface area contributed by atoms with Gasteiger partial charge in [-0.05, 0) is 43.4 Å². The van der Waals surface area contributed by atoms with Gasteiger partial charge in [0.15, 0.2) is 0 Å². The SMILES string of the molecule is COCc1cccc(C(=O)N(C)C(C)C2CC2)c1. The average Bonchev–Trinajstić information content (AvgIpc) is 3.21. The molecular formula is C15H21NO2. The minimum absolute atomic E-state index is 0.104. The quantitative estimate of drug-likeness (QED) is 0.800. The molecule has 0 bridgehead atoms. The lowest BCUT2D eigenvalue weighted by molar-refractivity contribution is 0.0727. The van der Waals surface area contributed by atoms with E-state index in [0.29, 0.717) is 18.6 Å². The lowest BCUT2D eigenvalue weighted by atomic mass is 10.1. The molecule has 1 amide bonds. The van der Waals surface area contributed by atoms with Crippen LogP contribution in [0.25, 0.3) is 0 Å². The molecule has 1 saturated carbocycles. The normalized spacial score (nSPS) is 16.4. The Hall–Kier alpha value is -1.35. The van der Waals surface area contributed by atoms with E-state index in [-0.39, 0.29) is 5.91 Å². The lowest BCUT2D eigenvalue weighted by Crippen LogP contribution is -2.36. The summed E-state index contributed by atoms with van der Waals surface area (Å²) in [4.78, 5) is 14.2. The van der Waals surface area contributed by atoms with Gasteiger partial charge in [0.1, 0.15) is 0 Å². The fraction of sp³-hybridized carbons (Fsp3) is 0.533. The number of carbonyl (C=O) groups is 1. The molecule has 1 fully saturated rings. The Morgan fingerprint density at radius 3 is 2.83 bits per heavy atom. The van der Waals surface area contributed by atoms with Crippen molar-refractivity contribution >= 4 is 5.91 Å². The van der Waals surface area contributed by atoms with E-state index in [1.54, 1.807) is 7.11 Å². The number of amides is 1. The van der Waals surface area contributed by atoms with Gasteiger partial charge in [-0.25, -0.2) is 0 Å². The van der Waals surface area contributed by atoms with Crippen molar-refractivity contribution in [1.82, 2.24) is 4.90 Å². The van der Waals surface area contributed by atoms with Crippen LogP contribution in [0.2, 0.25) is 0 Å². The van der Waals surface area contributed by atoms with Gasteiger partial charge >= 0.3 is 0 Å². The molecule has 3 heteroatoms. The molecule has 0 aliphatic heterocycles. The van der Waals surface area contributed by atoms with Crippen molar-refractivity contribution in [2.75, 3.05) is 14.2 Å². The smallest absolute Gasteiger partial charge is 0.253 e. The summed E-state index contributed by atoms with van der Waals surface area (Å²) in [5, 5.41) is 0. The maximum Gasteiger partial charge on any atom is 0.253 e. The monoisotopic (exact) mass is 247 g/mol.